The molecule has 0 amide bonds. The summed E-state index contributed by atoms with van der Waals surface area (Å²) in [7, 11) is 0. The van der Waals surface area contributed by atoms with Crippen LogP contribution in [-0.2, 0) is 11.6 Å². The molecule has 7 heteroatoms. The number of nitrogens with one attached hydrogen (secondary N) is 2. The van der Waals surface area contributed by atoms with Gasteiger partial charge in [-0.25, -0.2) is 9.37 Å². The number of halogens is 4. The monoisotopic (exact) mass is 509 g/mol. The number of fused-ring (bicyclic) bond motifs is 1. The summed E-state index contributed by atoms with van der Waals surface area (Å²) in [5.41, 5.74) is 3.21. The van der Waals surface area contributed by atoms with Crippen LogP contribution in [0.2, 0.25) is 0 Å². The van der Waals surface area contributed by atoms with E-state index >= 15 is 0 Å². The normalized spacial score (nSPS) is 20.5. The highest BCUT2D eigenvalue weighted by molar-refractivity contribution is 5.77. The molecule has 194 valence electrons. The standard InChI is InChI=1S/C28H25F4N3.C2H6/c1-17-3-2-4-19(13-17)18-5-7-20(8-6-18)27(16-26(27)9-11-33-12-10-26)25-34-23-14-21(28(30,31)32)22(29)15-24(23)35-25;1-2/h2-8,13-15,33H,9-12,16H2,1H3,(H,34,35);1-2H3. The van der Waals surface area contributed by atoms with Crippen LogP contribution in [0.15, 0.2) is 60.7 Å². The molecule has 2 heterocycles. The molecular weight excluding hydrogens is 478 g/mol. The minimum atomic E-state index is -4.76. The van der Waals surface area contributed by atoms with Gasteiger partial charge in [-0.2, -0.15) is 13.2 Å². The molecule has 1 aliphatic carbocycles. The quantitative estimate of drug-likeness (QED) is 0.277. The van der Waals surface area contributed by atoms with Crippen molar-refractivity contribution in [1.82, 2.24) is 15.3 Å². The third-order valence-corrected chi connectivity index (χ3v) is 7.95. The summed E-state index contributed by atoms with van der Waals surface area (Å²) in [5, 5.41) is 3.41. The Bertz CT molecular complexity index is 1420. The topological polar surface area (TPSA) is 40.7 Å². The molecule has 6 rings (SSSR count). The zero-order valence-electron chi connectivity index (χ0n) is 21.3. The van der Waals surface area contributed by atoms with Gasteiger partial charge >= 0.3 is 6.18 Å². The van der Waals surface area contributed by atoms with Gasteiger partial charge < -0.3 is 10.3 Å². The molecule has 1 spiro atoms. The number of aromatic nitrogens is 2. The zero-order chi connectivity index (χ0) is 26.4. The van der Waals surface area contributed by atoms with Crippen LogP contribution in [0.4, 0.5) is 17.6 Å². The lowest BCUT2D eigenvalue weighted by Gasteiger charge is -2.29. The van der Waals surface area contributed by atoms with Crippen LogP contribution in [0, 0.1) is 18.2 Å². The van der Waals surface area contributed by atoms with E-state index in [4.69, 9.17) is 0 Å². The number of piperidine rings is 1. The van der Waals surface area contributed by atoms with Gasteiger partial charge in [0.1, 0.15) is 11.6 Å². The fourth-order valence-electron chi connectivity index (χ4n) is 6.07. The van der Waals surface area contributed by atoms with Crippen molar-refractivity contribution in [3.05, 3.63) is 89.0 Å². The average molecular weight is 510 g/mol. The Labute approximate surface area is 214 Å². The van der Waals surface area contributed by atoms with Gasteiger partial charge in [-0.05, 0) is 67.4 Å². The molecule has 0 radical (unpaired) electrons. The first-order chi connectivity index (χ1) is 17.7. The molecule has 2 aliphatic rings. The van der Waals surface area contributed by atoms with Crippen molar-refractivity contribution in [2.45, 2.75) is 51.6 Å². The molecule has 1 saturated heterocycles. The SMILES string of the molecule is CC.Cc1cccc(-c2ccc(C3(c4nc5cc(F)c(C(F)(F)F)cc5[nH]4)CC34CCNCC4)cc2)c1. The number of imidazole rings is 1. The minimum absolute atomic E-state index is 0.0254. The van der Waals surface area contributed by atoms with Crippen molar-refractivity contribution in [2.75, 3.05) is 13.1 Å². The van der Waals surface area contributed by atoms with Crippen molar-refractivity contribution in [3.8, 4) is 11.1 Å². The Morgan fingerprint density at radius 2 is 1.59 bits per heavy atom. The maximum absolute atomic E-state index is 14.3. The van der Waals surface area contributed by atoms with Gasteiger partial charge in [-0.3, -0.25) is 0 Å². The average Bonchev–Trinajstić information content (AvgIpc) is 3.32. The number of H-pyrrole nitrogens is 1. The Balaban J connectivity index is 0.00000137. The first kappa shape index (κ1) is 25.5. The molecule has 1 aromatic heterocycles. The van der Waals surface area contributed by atoms with Crippen molar-refractivity contribution >= 4 is 11.0 Å². The highest BCUT2D eigenvalue weighted by Crippen LogP contribution is 2.71. The second-order valence-corrected chi connectivity index (χ2v) is 9.99. The van der Waals surface area contributed by atoms with Gasteiger partial charge in [0, 0.05) is 6.07 Å². The summed E-state index contributed by atoms with van der Waals surface area (Å²) in [6.45, 7) is 7.83. The Hall–Kier alpha value is -3.19. The third kappa shape index (κ3) is 4.23. The smallest absolute Gasteiger partial charge is 0.341 e. The van der Waals surface area contributed by atoms with Crippen molar-refractivity contribution < 1.29 is 17.6 Å². The number of benzene rings is 3. The van der Waals surface area contributed by atoms with E-state index in [1.807, 2.05) is 19.9 Å². The Morgan fingerprint density at radius 3 is 2.24 bits per heavy atom. The lowest BCUT2D eigenvalue weighted by atomic mass is 9.79. The highest BCUT2D eigenvalue weighted by atomic mass is 19.4. The molecule has 37 heavy (non-hydrogen) atoms. The molecular formula is C30H31F4N3. The van der Waals surface area contributed by atoms with Gasteiger partial charge in [0.05, 0.1) is 22.0 Å². The summed E-state index contributed by atoms with van der Waals surface area (Å²) in [6, 6.07) is 18.5. The lowest BCUT2D eigenvalue weighted by Crippen LogP contribution is -2.34. The van der Waals surface area contributed by atoms with Crippen LogP contribution in [-0.4, -0.2) is 23.1 Å². The molecule has 1 atom stereocenters. The Morgan fingerprint density at radius 1 is 0.892 bits per heavy atom. The van der Waals surface area contributed by atoms with Crippen LogP contribution >= 0.6 is 0 Å². The summed E-state index contributed by atoms with van der Waals surface area (Å²) in [4.78, 5) is 7.83. The van der Waals surface area contributed by atoms with Crippen LogP contribution < -0.4 is 5.32 Å². The van der Waals surface area contributed by atoms with Crippen LogP contribution in [0.1, 0.15) is 55.6 Å². The second-order valence-electron chi connectivity index (χ2n) is 9.99. The van der Waals surface area contributed by atoms with Crippen molar-refractivity contribution in [1.29, 1.82) is 0 Å². The van der Waals surface area contributed by atoms with Crippen LogP contribution in [0.3, 0.4) is 0 Å². The molecule has 2 N–H and O–H groups in total. The number of aromatic amines is 1. The van der Waals surface area contributed by atoms with E-state index < -0.39 is 23.0 Å². The van der Waals surface area contributed by atoms with E-state index in [0.717, 1.165) is 61.2 Å². The van der Waals surface area contributed by atoms with E-state index in [-0.39, 0.29) is 16.4 Å². The van der Waals surface area contributed by atoms with Gasteiger partial charge in [0.15, 0.2) is 0 Å². The third-order valence-electron chi connectivity index (χ3n) is 7.95. The van der Waals surface area contributed by atoms with Crippen molar-refractivity contribution in [2.24, 2.45) is 5.41 Å². The molecule has 0 bridgehead atoms. The van der Waals surface area contributed by atoms with E-state index in [1.54, 1.807) is 0 Å². The van der Waals surface area contributed by atoms with E-state index in [9.17, 15) is 17.6 Å². The number of hydrogen-bond acceptors (Lipinski definition) is 2. The first-order valence-corrected chi connectivity index (χ1v) is 12.9. The summed E-state index contributed by atoms with van der Waals surface area (Å²) in [6.07, 6.45) is -2.00. The van der Waals surface area contributed by atoms with Gasteiger partial charge in [-0.15, -0.1) is 0 Å². The fourth-order valence-corrected chi connectivity index (χ4v) is 6.07. The zero-order valence-corrected chi connectivity index (χ0v) is 21.3. The molecule has 3 nitrogen and oxygen atoms in total. The molecule has 1 unspecified atom stereocenters. The molecule has 1 aliphatic heterocycles. The summed E-state index contributed by atoms with van der Waals surface area (Å²) < 4.78 is 54.2. The molecule has 2 fully saturated rings. The van der Waals surface area contributed by atoms with E-state index in [2.05, 4.69) is 64.7 Å². The number of rotatable bonds is 3. The largest absolute Gasteiger partial charge is 0.419 e. The number of alkyl halides is 3. The summed E-state index contributed by atoms with van der Waals surface area (Å²) >= 11 is 0. The van der Waals surface area contributed by atoms with Gasteiger partial charge in [0.2, 0.25) is 0 Å². The van der Waals surface area contributed by atoms with E-state index in [0.29, 0.717) is 5.82 Å². The van der Waals surface area contributed by atoms with Crippen LogP contribution in [0.25, 0.3) is 22.2 Å². The van der Waals surface area contributed by atoms with E-state index in [1.165, 1.54) is 5.56 Å². The fraction of sp³-hybridized carbons (Fsp3) is 0.367. The minimum Gasteiger partial charge on any atom is -0.341 e. The van der Waals surface area contributed by atoms with Crippen LogP contribution in [0.5, 0.6) is 0 Å². The molecule has 4 aromatic rings. The predicted molar refractivity (Wildman–Crippen MR) is 139 cm³/mol. The van der Waals surface area contributed by atoms with Gasteiger partial charge in [0.25, 0.3) is 0 Å². The number of nitrogens with zero attached hydrogens (tertiary/aromatic N) is 1. The van der Waals surface area contributed by atoms with Gasteiger partial charge in [-0.1, -0.05) is 67.9 Å². The molecule has 1 saturated carbocycles. The summed E-state index contributed by atoms with van der Waals surface area (Å²) in [5.74, 6) is -0.677. The maximum Gasteiger partial charge on any atom is 0.419 e. The Kier molecular flexibility index (Phi) is 6.39. The highest BCUT2D eigenvalue weighted by Gasteiger charge is 2.69. The molecule has 3 aromatic carbocycles. The number of hydrogen-bond donors (Lipinski definition) is 2. The lowest BCUT2D eigenvalue weighted by molar-refractivity contribution is -0.139. The second kappa shape index (κ2) is 9.28. The predicted octanol–water partition coefficient (Wildman–Crippen LogP) is 7.78. The van der Waals surface area contributed by atoms with Crippen molar-refractivity contribution in [3.63, 3.8) is 0 Å². The maximum atomic E-state index is 14.3. The number of aryl methyl sites for hydroxylation is 1. The first-order valence-electron chi connectivity index (χ1n) is 12.9.